The number of carbonyl (C=O) groups excluding carboxylic acids is 2. The zero-order valence-corrected chi connectivity index (χ0v) is 14.0. The molecular weight excluding hydrogens is 282 g/mol. The Labute approximate surface area is 132 Å². The van der Waals surface area contributed by atoms with E-state index < -0.39 is 0 Å². The van der Waals surface area contributed by atoms with E-state index in [1.54, 1.807) is 0 Å². The number of hydrogen-bond donors (Lipinski definition) is 1. The first-order chi connectivity index (χ1) is 10.3. The van der Waals surface area contributed by atoms with Crippen LogP contribution >= 0.6 is 0 Å². The summed E-state index contributed by atoms with van der Waals surface area (Å²) in [6, 6.07) is -0.102. The first-order valence-electron chi connectivity index (χ1n) is 8.25. The zero-order chi connectivity index (χ0) is 16.1. The molecule has 0 aromatic rings. The van der Waals surface area contributed by atoms with Gasteiger partial charge in [0, 0.05) is 18.5 Å². The lowest BCUT2D eigenvalue weighted by Gasteiger charge is -2.55. The van der Waals surface area contributed by atoms with Crippen molar-refractivity contribution in [3.05, 3.63) is 0 Å². The number of carbonyl (C=O) groups is 2. The first-order valence-corrected chi connectivity index (χ1v) is 8.25. The molecule has 1 saturated carbocycles. The van der Waals surface area contributed by atoms with Crippen molar-refractivity contribution in [1.29, 1.82) is 0 Å². The fraction of sp³-hybridized carbons (Fsp3) is 0.875. The molecule has 2 saturated heterocycles. The van der Waals surface area contributed by atoms with Gasteiger partial charge in [-0.25, -0.2) is 0 Å². The van der Waals surface area contributed by atoms with E-state index in [2.05, 4.69) is 17.1 Å². The van der Waals surface area contributed by atoms with Crippen molar-refractivity contribution in [1.82, 2.24) is 15.1 Å². The van der Waals surface area contributed by atoms with Crippen LogP contribution in [0.15, 0.2) is 0 Å². The molecule has 2 heterocycles. The van der Waals surface area contributed by atoms with Gasteiger partial charge in [-0.15, -0.1) is 0 Å². The molecule has 3 aliphatic rings. The Hall–Kier alpha value is -1.14. The summed E-state index contributed by atoms with van der Waals surface area (Å²) < 4.78 is 6.00. The average molecular weight is 309 g/mol. The van der Waals surface area contributed by atoms with Crippen LogP contribution in [-0.4, -0.2) is 72.6 Å². The molecule has 124 valence electrons. The van der Waals surface area contributed by atoms with Crippen LogP contribution in [0, 0.1) is 11.8 Å². The van der Waals surface area contributed by atoms with Crippen molar-refractivity contribution >= 4 is 11.8 Å². The van der Waals surface area contributed by atoms with Gasteiger partial charge in [0.25, 0.3) is 0 Å². The molecule has 6 heteroatoms. The summed E-state index contributed by atoms with van der Waals surface area (Å²) in [6.45, 7) is 8.47. The summed E-state index contributed by atoms with van der Waals surface area (Å²) in [5, 5.41) is 2.94. The highest BCUT2D eigenvalue weighted by Crippen LogP contribution is 2.42. The third kappa shape index (κ3) is 2.86. The SMILES string of the molecule is CC(C)NC(=O)[C@@H]1COC2(CN(C(=O)[C@@H]3C[C@H]3C)C2)CN1C. The van der Waals surface area contributed by atoms with Crippen LogP contribution in [0.2, 0.25) is 0 Å². The number of rotatable bonds is 3. The van der Waals surface area contributed by atoms with Crippen LogP contribution in [0.5, 0.6) is 0 Å². The van der Waals surface area contributed by atoms with E-state index in [0.29, 0.717) is 32.2 Å². The lowest BCUT2D eigenvalue weighted by atomic mass is 9.90. The molecule has 3 atom stereocenters. The van der Waals surface area contributed by atoms with Crippen molar-refractivity contribution in [3.8, 4) is 0 Å². The van der Waals surface area contributed by atoms with Gasteiger partial charge in [-0.1, -0.05) is 6.92 Å². The van der Waals surface area contributed by atoms with Crippen LogP contribution in [-0.2, 0) is 14.3 Å². The van der Waals surface area contributed by atoms with E-state index in [1.807, 2.05) is 25.8 Å². The Morgan fingerprint density at radius 3 is 2.41 bits per heavy atom. The molecule has 1 aliphatic carbocycles. The maximum Gasteiger partial charge on any atom is 0.239 e. The summed E-state index contributed by atoms with van der Waals surface area (Å²) in [7, 11) is 1.96. The maximum atomic E-state index is 12.2. The summed E-state index contributed by atoms with van der Waals surface area (Å²) in [6.07, 6.45) is 1.03. The predicted octanol–water partition coefficient (Wildman–Crippen LogP) is 0.0786. The van der Waals surface area contributed by atoms with Gasteiger partial charge >= 0.3 is 0 Å². The number of morpholine rings is 1. The van der Waals surface area contributed by atoms with E-state index >= 15 is 0 Å². The normalized spacial score (nSPS) is 33.7. The van der Waals surface area contributed by atoms with Crippen LogP contribution in [0.1, 0.15) is 27.2 Å². The van der Waals surface area contributed by atoms with Gasteiger partial charge in [0.15, 0.2) is 0 Å². The molecule has 22 heavy (non-hydrogen) atoms. The summed E-state index contributed by atoms with van der Waals surface area (Å²) in [4.78, 5) is 28.3. The molecule has 0 unspecified atom stereocenters. The molecule has 2 amide bonds. The maximum absolute atomic E-state index is 12.2. The molecular formula is C16H27N3O3. The second-order valence-corrected chi connectivity index (χ2v) is 7.60. The standard InChI is InChI=1S/C16H27N3O3/c1-10(2)17-14(20)13-6-22-16(7-18(13)4)8-19(9-16)15(21)12-5-11(12)3/h10-13H,5-9H2,1-4H3,(H,17,20)/t11-,12-,13+/m1/s1. The highest BCUT2D eigenvalue weighted by molar-refractivity contribution is 5.83. The Bertz CT molecular complexity index is 473. The summed E-state index contributed by atoms with van der Waals surface area (Å²) in [5.74, 6) is 1.09. The molecule has 0 aromatic heterocycles. The largest absolute Gasteiger partial charge is 0.368 e. The van der Waals surface area contributed by atoms with E-state index in [-0.39, 0.29) is 35.4 Å². The second kappa shape index (κ2) is 5.49. The first kappa shape index (κ1) is 15.7. The van der Waals surface area contributed by atoms with Crippen LogP contribution in [0.25, 0.3) is 0 Å². The van der Waals surface area contributed by atoms with Crippen molar-refractivity contribution in [2.75, 3.05) is 33.3 Å². The molecule has 1 N–H and O–H groups in total. The third-order valence-corrected chi connectivity index (χ3v) is 5.05. The molecule has 3 fully saturated rings. The second-order valence-electron chi connectivity index (χ2n) is 7.60. The van der Waals surface area contributed by atoms with Crippen LogP contribution in [0.4, 0.5) is 0 Å². The quantitative estimate of drug-likeness (QED) is 0.802. The van der Waals surface area contributed by atoms with Crippen molar-refractivity contribution < 1.29 is 14.3 Å². The van der Waals surface area contributed by atoms with Crippen LogP contribution in [0.3, 0.4) is 0 Å². The lowest BCUT2D eigenvalue weighted by Crippen LogP contribution is -2.73. The smallest absolute Gasteiger partial charge is 0.239 e. The Kier molecular flexibility index (Phi) is 3.93. The number of nitrogens with zero attached hydrogens (tertiary/aromatic N) is 2. The van der Waals surface area contributed by atoms with Crippen molar-refractivity contribution in [2.45, 2.75) is 44.9 Å². The van der Waals surface area contributed by atoms with E-state index in [1.165, 1.54) is 0 Å². The molecule has 0 radical (unpaired) electrons. The van der Waals surface area contributed by atoms with E-state index in [9.17, 15) is 9.59 Å². The number of ether oxygens (including phenoxy) is 1. The Balaban J connectivity index is 1.51. The fourth-order valence-corrected chi connectivity index (χ4v) is 3.55. The zero-order valence-electron chi connectivity index (χ0n) is 14.0. The van der Waals surface area contributed by atoms with Gasteiger partial charge in [-0.05, 0) is 33.2 Å². The topological polar surface area (TPSA) is 61.9 Å². The van der Waals surface area contributed by atoms with Gasteiger partial charge in [0.1, 0.15) is 11.6 Å². The minimum Gasteiger partial charge on any atom is -0.368 e. The van der Waals surface area contributed by atoms with Gasteiger partial charge in [0.2, 0.25) is 11.8 Å². The molecule has 2 aliphatic heterocycles. The van der Waals surface area contributed by atoms with Gasteiger partial charge in [-0.2, -0.15) is 0 Å². The number of likely N-dealkylation sites (N-methyl/N-ethyl adjacent to an activating group) is 1. The van der Waals surface area contributed by atoms with Gasteiger partial charge in [-0.3, -0.25) is 14.5 Å². The minimum atomic E-state index is -0.267. The monoisotopic (exact) mass is 309 g/mol. The molecule has 6 nitrogen and oxygen atoms in total. The van der Waals surface area contributed by atoms with Crippen LogP contribution < -0.4 is 5.32 Å². The predicted molar refractivity (Wildman–Crippen MR) is 82.2 cm³/mol. The summed E-state index contributed by atoms with van der Waals surface area (Å²) >= 11 is 0. The number of likely N-dealkylation sites (tertiary alicyclic amines) is 1. The van der Waals surface area contributed by atoms with E-state index in [4.69, 9.17) is 4.74 Å². The number of hydrogen-bond acceptors (Lipinski definition) is 4. The average Bonchev–Trinajstić information content (AvgIpc) is 3.11. The fourth-order valence-electron chi connectivity index (χ4n) is 3.55. The van der Waals surface area contributed by atoms with Gasteiger partial charge in [0.05, 0.1) is 19.7 Å². The number of nitrogens with one attached hydrogen (secondary N) is 1. The molecule has 0 aromatic carbocycles. The highest BCUT2D eigenvalue weighted by Gasteiger charge is 2.54. The van der Waals surface area contributed by atoms with E-state index in [0.717, 1.165) is 6.42 Å². The lowest BCUT2D eigenvalue weighted by molar-refractivity contribution is -0.202. The minimum absolute atomic E-state index is 0.0198. The van der Waals surface area contributed by atoms with Crippen molar-refractivity contribution in [2.24, 2.45) is 11.8 Å². The highest BCUT2D eigenvalue weighted by atomic mass is 16.5. The Morgan fingerprint density at radius 1 is 1.27 bits per heavy atom. The molecule has 0 bridgehead atoms. The molecule has 3 rings (SSSR count). The van der Waals surface area contributed by atoms with Gasteiger partial charge < -0.3 is 15.0 Å². The summed E-state index contributed by atoms with van der Waals surface area (Å²) in [5.41, 5.74) is -0.267. The molecule has 1 spiro atoms. The number of amides is 2. The van der Waals surface area contributed by atoms with Crippen molar-refractivity contribution in [3.63, 3.8) is 0 Å². The Morgan fingerprint density at radius 2 is 1.91 bits per heavy atom. The third-order valence-electron chi connectivity index (χ3n) is 5.05.